The molecule has 4 rings (SSSR count). The highest BCUT2D eigenvalue weighted by atomic mass is 16.5. The van der Waals surface area contributed by atoms with Crippen LogP contribution >= 0.6 is 0 Å². The van der Waals surface area contributed by atoms with E-state index in [1.807, 2.05) is 59.3 Å². The first-order chi connectivity index (χ1) is 14.8. The molecule has 4 nitrogen and oxygen atoms in total. The van der Waals surface area contributed by atoms with Crippen molar-refractivity contribution < 1.29 is 9.47 Å². The van der Waals surface area contributed by atoms with Crippen molar-refractivity contribution in [1.29, 1.82) is 0 Å². The summed E-state index contributed by atoms with van der Waals surface area (Å²) in [6, 6.07) is 28.5. The fraction of sp³-hybridized carbons (Fsp3) is 0.192. The van der Waals surface area contributed by atoms with Gasteiger partial charge in [-0.2, -0.15) is 5.10 Å². The van der Waals surface area contributed by atoms with Crippen LogP contribution in [0.5, 0.6) is 11.5 Å². The van der Waals surface area contributed by atoms with Gasteiger partial charge in [0.15, 0.2) is 0 Å². The molecule has 3 aromatic carbocycles. The van der Waals surface area contributed by atoms with Crippen molar-refractivity contribution in [2.45, 2.75) is 19.8 Å². The van der Waals surface area contributed by atoms with Crippen LogP contribution in [0.1, 0.15) is 19.8 Å². The molecular formula is C26H26N2O2. The van der Waals surface area contributed by atoms with E-state index in [9.17, 15) is 0 Å². The highest BCUT2D eigenvalue weighted by Gasteiger charge is 2.13. The van der Waals surface area contributed by atoms with Crippen molar-refractivity contribution >= 4 is 0 Å². The van der Waals surface area contributed by atoms with E-state index in [0.29, 0.717) is 0 Å². The van der Waals surface area contributed by atoms with Gasteiger partial charge in [0.2, 0.25) is 0 Å². The second-order valence-corrected chi connectivity index (χ2v) is 7.12. The van der Waals surface area contributed by atoms with E-state index in [0.717, 1.165) is 59.1 Å². The number of nitrogens with zero attached hydrogens (tertiary/aromatic N) is 2. The Morgan fingerprint density at radius 3 is 2.13 bits per heavy atom. The number of methoxy groups -OCH3 is 1. The van der Waals surface area contributed by atoms with Gasteiger partial charge >= 0.3 is 0 Å². The lowest BCUT2D eigenvalue weighted by Gasteiger charge is -2.09. The first-order valence-corrected chi connectivity index (χ1v) is 10.3. The molecule has 1 heterocycles. The molecule has 1 aromatic heterocycles. The van der Waals surface area contributed by atoms with E-state index in [1.165, 1.54) is 0 Å². The summed E-state index contributed by atoms with van der Waals surface area (Å²) in [5.74, 6) is 1.73. The lowest BCUT2D eigenvalue weighted by atomic mass is 10.1. The number of rotatable bonds is 8. The van der Waals surface area contributed by atoms with E-state index in [-0.39, 0.29) is 0 Å². The van der Waals surface area contributed by atoms with E-state index in [2.05, 4.69) is 37.3 Å². The van der Waals surface area contributed by atoms with Crippen molar-refractivity contribution in [3.05, 3.63) is 84.9 Å². The third kappa shape index (κ3) is 4.38. The van der Waals surface area contributed by atoms with E-state index in [4.69, 9.17) is 14.6 Å². The number of unbranched alkanes of at least 4 members (excludes halogenated alkanes) is 1. The summed E-state index contributed by atoms with van der Waals surface area (Å²) in [6.07, 6.45) is 2.19. The van der Waals surface area contributed by atoms with Gasteiger partial charge in [-0.05, 0) is 73.2 Å². The lowest BCUT2D eigenvalue weighted by Crippen LogP contribution is -1.99. The summed E-state index contributed by atoms with van der Waals surface area (Å²) in [6.45, 7) is 2.91. The molecule has 0 aliphatic heterocycles. The standard InChI is InChI=1S/C26H26N2O2/c1-3-4-18-30-24-16-12-21(13-17-24)26-19-25(20-10-14-23(29-2)15-11-20)27-28(26)22-8-6-5-7-9-22/h5-17,19H,3-4,18H2,1-2H3. The quantitative estimate of drug-likeness (QED) is 0.323. The highest BCUT2D eigenvalue weighted by molar-refractivity contribution is 5.71. The molecule has 152 valence electrons. The fourth-order valence-electron chi connectivity index (χ4n) is 3.31. The predicted octanol–water partition coefficient (Wildman–Crippen LogP) is 6.39. The van der Waals surface area contributed by atoms with Crippen LogP contribution in [0.2, 0.25) is 0 Å². The van der Waals surface area contributed by atoms with Crippen LogP contribution in [0.4, 0.5) is 0 Å². The average molecular weight is 399 g/mol. The largest absolute Gasteiger partial charge is 0.497 e. The smallest absolute Gasteiger partial charge is 0.119 e. The zero-order chi connectivity index (χ0) is 20.8. The van der Waals surface area contributed by atoms with Crippen LogP contribution in [-0.4, -0.2) is 23.5 Å². The molecular weight excluding hydrogens is 372 g/mol. The molecule has 0 spiro atoms. The van der Waals surface area contributed by atoms with Crippen LogP contribution < -0.4 is 9.47 Å². The highest BCUT2D eigenvalue weighted by Crippen LogP contribution is 2.30. The summed E-state index contributed by atoms with van der Waals surface area (Å²) in [5, 5.41) is 4.91. The van der Waals surface area contributed by atoms with Crippen LogP contribution in [0.25, 0.3) is 28.2 Å². The molecule has 0 amide bonds. The van der Waals surface area contributed by atoms with E-state index < -0.39 is 0 Å². The summed E-state index contributed by atoms with van der Waals surface area (Å²) >= 11 is 0. The van der Waals surface area contributed by atoms with Crippen molar-refractivity contribution in [2.75, 3.05) is 13.7 Å². The maximum absolute atomic E-state index is 5.81. The summed E-state index contributed by atoms with van der Waals surface area (Å²) < 4.78 is 13.1. The predicted molar refractivity (Wildman–Crippen MR) is 121 cm³/mol. The van der Waals surface area contributed by atoms with Gasteiger partial charge in [0.05, 0.1) is 30.8 Å². The number of hydrogen-bond donors (Lipinski definition) is 0. The zero-order valence-electron chi connectivity index (χ0n) is 17.4. The molecule has 0 aliphatic rings. The van der Waals surface area contributed by atoms with Gasteiger partial charge in [0.25, 0.3) is 0 Å². The van der Waals surface area contributed by atoms with E-state index in [1.54, 1.807) is 7.11 Å². The Hall–Kier alpha value is -3.53. The van der Waals surface area contributed by atoms with Crippen molar-refractivity contribution in [3.8, 4) is 39.7 Å². The number of hydrogen-bond acceptors (Lipinski definition) is 3. The Labute approximate surface area is 177 Å². The van der Waals surface area contributed by atoms with Crippen LogP contribution in [0.3, 0.4) is 0 Å². The number of ether oxygens (including phenoxy) is 2. The van der Waals surface area contributed by atoms with Crippen LogP contribution in [0.15, 0.2) is 84.9 Å². The van der Waals surface area contributed by atoms with Crippen LogP contribution in [-0.2, 0) is 0 Å². The number of aromatic nitrogens is 2. The third-order valence-electron chi connectivity index (χ3n) is 5.01. The summed E-state index contributed by atoms with van der Waals surface area (Å²) in [7, 11) is 1.67. The zero-order valence-corrected chi connectivity index (χ0v) is 17.4. The minimum atomic E-state index is 0.749. The van der Waals surface area contributed by atoms with Crippen molar-refractivity contribution in [2.24, 2.45) is 0 Å². The molecule has 0 bridgehead atoms. The molecule has 0 aliphatic carbocycles. The minimum absolute atomic E-state index is 0.749. The molecule has 0 unspecified atom stereocenters. The average Bonchev–Trinajstić information content (AvgIpc) is 3.26. The van der Waals surface area contributed by atoms with Gasteiger partial charge in [-0.3, -0.25) is 0 Å². The molecule has 4 aromatic rings. The Morgan fingerprint density at radius 1 is 0.800 bits per heavy atom. The molecule has 0 radical (unpaired) electrons. The molecule has 0 saturated heterocycles. The summed E-state index contributed by atoms with van der Waals surface area (Å²) in [4.78, 5) is 0. The molecule has 0 fully saturated rings. The minimum Gasteiger partial charge on any atom is -0.497 e. The second-order valence-electron chi connectivity index (χ2n) is 7.12. The third-order valence-corrected chi connectivity index (χ3v) is 5.01. The molecule has 0 atom stereocenters. The Morgan fingerprint density at radius 2 is 1.47 bits per heavy atom. The van der Waals surface area contributed by atoms with E-state index >= 15 is 0 Å². The summed E-state index contributed by atoms with van der Waals surface area (Å²) in [5.41, 5.74) is 5.11. The molecule has 0 N–H and O–H groups in total. The Bertz CT molecular complexity index is 1070. The van der Waals surface area contributed by atoms with Crippen LogP contribution in [0, 0.1) is 0 Å². The molecule has 30 heavy (non-hydrogen) atoms. The number of benzene rings is 3. The molecule has 4 heteroatoms. The molecule has 0 saturated carbocycles. The van der Waals surface area contributed by atoms with Gasteiger partial charge in [-0.15, -0.1) is 0 Å². The van der Waals surface area contributed by atoms with Gasteiger partial charge < -0.3 is 9.47 Å². The van der Waals surface area contributed by atoms with Crippen molar-refractivity contribution in [1.82, 2.24) is 9.78 Å². The first-order valence-electron chi connectivity index (χ1n) is 10.3. The second kappa shape index (κ2) is 9.31. The topological polar surface area (TPSA) is 36.3 Å². The lowest BCUT2D eigenvalue weighted by molar-refractivity contribution is 0.309. The fourth-order valence-corrected chi connectivity index (χ4v) is 3.31. The van der Waals surface area contributed by atoms with Gasteiger partial charge in [0.1, 0.15) is 11.5 Å². The number of para-hydroxylation sites is 1. The SMILES string of the molecule is CCCCOc1ccc(-c2cc(-c3ccc(OC)cc3)nn2-c2ccccc2)cc1. The van der Waals surface area contributed by atoms with Gasteiger partial charge in [-0.25, -0.2) is 4.68 Å². The monoisotopic (exact) mass is 398 g/mol. The van der Waals surface area contributed by atoms with Gasteiger partial charge in [-0.1, -0.05) is 31.5 Å². The normalized spacial score (nSPS) is 10.7. The Kier molecular flexibility index (Phi) is 6.14. The maximum Gasteiger partial charge on any atom is 0.119 e. The Balaban J connectivity index is 1.71. The first kappa shape index (κ1) is 19.8. The maximum atomic E-state index is 5.81. The van der Waals surface area contributed by atoms with Crippen molar-refractivity contribution in [3.63, 3.8) is 0 Å². The van der Waals surface area contributed by atoms with Gasteiger partial charge in [0, 0.05) is 11.1 Å².